The summed E-state index contributed by atoms with van der Waals surface area (Å²) < 4.78 is 0. The highest BCUT2D eigenvalue weighted by Gasteiger charge is 2.24. The molecule has 3 nitrogen and oxygen atoms in total. The highest BCUT2D eigenvalue weighted by molar-refractivity contribution is 5.85. The minimum absolute atomic E-state index is 0. The average Bonchev–Trinajstić information content (AvgIpc) is 2.76. The average molecular weight is 256 g/mol. The van der Waals surface area contributed by atoms with Crippen molar-refractivity contribution in [2.24, 2.45) is 0 Å². The third-order valence-electron chi connectivity index (χ3n) is 2.96. The lowest BCUT2D eigenvalue weighted by atomic mass is 10.0. The Bertz CT molecular complexity index is 316. The van der Waals surface area contributed by atoms with Crippen molar-refractivity contribution in [1.29, 1.82) is 0 Å². The molecule has 0 spiro atoms. The zero-order valence-electron chi connectivity index (χ0n) is 10.4. The Morgan fingerprint density at radius 3 is 2.59 bits per heavy atom. The lowest BCUT2D eigenvalue weighted by molar-refractivity contribution is 0.478. The molecule has 17 heavy (non-hydrogen) atoms. The lowest BCUT2D eigenvalue weighted by Crippen LogP contribution is -2.40. The van der Waals surface area contributed by atoms with Crippen molar-refractivity contribution < 1.29 is 0 Å². The summed E-state index contributed by atoms with van der Waals surface area (Å²) in [5, 5.41) is 3.46. The van der Waals surface area contributed by atoms with Crippen LogP contribution < -0.4 is 16.2 Å². The van der Waals surface area contributed by atoms with E-state index in [1.54, 1.807) is 0 Å². The fraction of sp³-hybridized carbons (Fsp3) is 0.538. The van der Waals surface area contributed by atoms with Crippen LogP contribution in [0.4, 0.5) is 0 Å². The largest absolute Gasteiger partial charge is 0.313 e. The molecule has 1 fully saturated rings. The molecule has 0 aromatic heterocycles. The van der Waals surface area contributed by atoms with E-state index in [0.29, 0.717) is 18.1 Å². The van der Waals surface area contributed by atoms with Crippen molar-refractivity contribution in [3.8, 4) is 0 Å². The van der Waals surface area contributed by atoms with Gasteiger partial charge in [-0.3, -0.25) is 5.43 Å². The summed E-state index contributed by atoms with van der Waals surface area (Å²) in [5.74, 6) is 0. The summed E-state index contributed by atoms with van der Waals surface area (Å²) in [7, 11) is 0. The Morgan fingerprint density at radius 1 is 1.24 bits per heavy atom. The van der Waals surface area contributed by atoms with Crippen LogP contribution in [0, 0.1) is 0 Å². The second-order valence-electron chi connectivity index (χ2n) is 4.75. The third-order valence-corrected chi connectivity index (χ3v) is 2.96. The number of benzene rings is 1. The molecule has 1 aromatic carbocycles. The van der Waals surface area contributed by atoms with Gasteiger partial charge in [0.1, 0.15) is 0 Å². The van der Waals surface area contributed by atoms with Crippen LogP contribution in [-0.4, -0.2) is 18.6 Å². The summed E-state index contributed by atoms with van der Waals surface area (Å²) in [6, 6.07) is 12.1. The number of rotatable bonds is 4. The van der Waals surface area contributed by atoms with Gasteiger partial charge in [0.2, 0.25) is 0 Å². The lowest BCUT2D eigenvalue weighted by Gasteiger charge is -2.13. The Kier molecular flexibility index (Phi) is 5.92. The molecule has 1 heterocycles. The minimum atomic E-state index is 0. The molecule has 0 radical (unpaired) electrons. The molecular weight excluding hydrogens is 234 g/mol. The van der Waals surface area contributed by atoms with E-state index in [0.717, 1.165) is 13.0 Å². The Balaban J connectivity index is 0.00000144. The number of hydrogen-bond donors (Lipinski definition) is 3. The molecule has 3 N–H and O–H groups in total. The first-order valence-corrected chi connectivity index (χ1v) is 6.05. The van der Waals surface area contributed by atoms with E-state index in [1.807, 2.05) is 0 Å². The van der Waals surface area contributed by atoms with Crippen LogP contribution in [0.15, 0.2) is 30.3 Å². The van der Waals surface area contributed by atoms with Crippen molar-refractivity contribution in [1.82, 2.24) is 16.2 Å². The standard InChI is InChI=1S/C13H21N3.ClH/c1-10(2)14-9-12-8-13(16-15-12)11-6-4-3-5-7-11;/h3-7,10,12-16H,8-9H2,1-2H3;1H. The van der Waals surface area contributed by atoms with Crippen LogP contribution in [0.3, 0.4) is 0 Å². The minimum Gasteiger partial charge on any atom is -0.313 e. The van der Waals surface area contributed by atoms with Crippen molar-refractivity contribution in [2.75, 3.05) is 6.54 Å². The molecular formula is C13H22ClN3. The van der Waals surface area contributed by atoms with Gasteiger partial charge in [0.25, 0.3) is 0 Å². The van der Waals surface area contributed by atoms with Gasteiger partial charge in [-0.25, -0.2) is 5.43 Å². The van der Waals surface area contributed by atoms with E-state index < -0.39 is 0 Å². The molecule has 0 amide bonds. The monoisotopic (exact) mass is 255 g/mol. The van der Waals surface area contributed by atoms with Gasteiger partial charge in [0, 0.05) is 24.7 Å². The summed E-state index contributed by atoms with van der Waals surface area (Å²) in [6.07, 6.45) is 1.14. The van der Waals surface area contributed by atoms with E-state index in [4.69, 9.17) is 0 Å². The maximum absolute atomic E-state index is 3.46. The van der Waals surface area contributed by atoms with E-state index in [1.165, 1.54) is 5.56 Å². The molecule has 0 bridgehead atoms. The first kappa shape index (κ1) is 14.5. The predicted octanol–water partition coefficient (Wildman–Crippen LogP) is 2.01. The van der Waals surface area contributed by atoms with Gasteiger partial charge in [-0.1, -0.05) is 44.2 Å². The predicted molar refractivity (Wildman–Crippen MR) is 74.2 cm³/mol. The summed E-state index contributed by atoms with van der Waals surface area (Å²) in [4.78, 5) is 0. The van der Waals surface area contributed by atoms with E-state index in [2.05, 4.69) is 60.3 Å². The zero-order valence-corrected chi connectivity index (χ0v) is 11.3. The van der Waals surface area contributed by atoms with E-state index >= 15 is 0 Å². The Labute approximate surface area is 110 Å². The van der Waals surface area contributed by atoms with Crippen LogP contribution >= 0.6 is 12.4 Å². The van der Waals surface area contributed by atoms with Crippen molar-refractivity contribution in [3.05, 3.63) is 35.9 Å². The van der Waals surface area contributed by atoms with Crippen LogP contribution in [0.5, 0.6) is 0 Å². The molecule has 1 saturated heterocycles. The molecule has 2 atom stereocenters. The summed E-state index contributed by atoms with van der Waals surface area (Å²) >= 11 is 0. The van der Waals surface area contributed by atoms with E-state index in [9.17, 15) is 0 Å². The van der Waals surface area contributed by atoms with Gasteiger partial charge in [-0.05, 0) is 12.0 Å². The molecule has 0 aliphatic carbocycles. The zero-order chi connectivity index (χ0) is 11.4. The highest BCUT2D eigenvalue weighted by Crippen LogP contribution is 2.21. The molecule has 96 valence electrons. The molecule has 0 saturated carbocycles. The number of hydrazine groups is 1. The van der Waals surface area contributed by atoms with Crippen molar-refractivity contribution >= 4 is 12.4 Å². The maximum Gasteiger partial charge on any atom is 0.0478 e. The Hall–Kier alpha value is -0.610. The molecule has 4 heteroatoms. The number of hydrogen-bond acceptors (Lipinski definition) is 3. The quantitative estimate of drug-likeness (QED) is 0.771. The van der Waals surface area contributed by atoms with Crippen LogP contribution in [-0.2, 0) is 0 Å². The molecule has 2 unspecified atom stereocenters. The fourth-order valence-electron chi connectivity index (χ4n) is 2.04. The van der Waals surface area contributed by atoms with Gasteiger partial charge in [-0.2, -0.15) is 0 Å². The van der Waals surface area contributed by atoms with Crippen LogP contribution in [0.2, 0.25) is 0 Å². The first-order valence-electron chi connectivity index (χ1n) is 6.05. The van der Waals surface area contributed by atoms with Gasteiger partial charge in [0.05, 0.1) is 0 Å². The van der Waals surface area contributed by atoms with Gasteiger partial charge >= 0.3 is 0 Å². The van der Waals surface area contributed by atoms with Crippen molar-refractivity contribution in [3.63, 3.8) is 0 Å². The summed E-state index contributed by atoms with van der Waals surface area (Å²) in [6.45, 7) is 5.38. The smallest absolute Gasteiger partial charge is 0.0478 e. The second kappa shape index (κ2) is 6.97. The SMILES string of the molecule is CC(C)NCC1CC(c2ccccc2)NN1.Cl. The highest BCUT2D eigenvalue weighted by atomic mass is 35.5. The van der Waals surface area contributed by atoms with Crippen LogP contribution in [0.1, 0.15) is 31.9 Å². The number of halogens is 1. The second-order valence-corrected chi connectivity index (χ2v) is 4.75. The molecule has 1 aliphatic rings. The number of nitrogens with one attached hydrogen (secondary N) is 3. The van der Waals surface area contributed by atoms with E-state index in [-0.39, 0.29) is 12.4 Å². The molecule has 2 rings (SSSR count). The summed E-state index contributed by atoms with van der Waals surface area (Å²) in [5.41, 5.74) is 8.07. The van der Waals surface area contributed by atoms with Crippen molar-refractivity contribution in [2.45, 2.75) is 38.4 Å². The van der Waals surface area contributed by atoms with Gasteiger partial charge < -0.3 is 5.32 Å². The first-order chi connectivity index (χ1) is 7.75. The van der Waals surface area contributed by atoms with Crippen LogP contribution in [0.25, 0.3) is 0 Å². The fourth-order valence-corrected chi connectivity index (χ4v) is 2.04. The third kappa shape index (κ3) is 4.28. The van der Waals surface area contributed by atoms with Gasteiger partial charge in [0.15, 0.2) is 0 Å². The normalized spacial score (nSPS) is 23.7. The molecule has 1 aliphatic heterocycles. The molecule has 1 aromatic rings. The Morgan fingerprint density at radius 2 is 1.94 bits per heavy atom. The topological polar surface area (TPSA) is 36.1 Å². The maximum atomic E-state index is 3.46. The van der Waals surface area contributed by atoms with Gasteiger partial charge in [-0.15, -0.1) is 12.4 Å².